The zero-order chi connectivity index (χ0) is 5.86. The second-order valence-electron chi connectivity index (χ2n) is 1.52. The summed E-state index contributed by atoms with van der Waals surface area (Å²) >= 11 is 0. The Labute approximate surface area is 59.6 Å². The Morgan fingerprint density at radius 3 is 1.38 bits per heavy atom. The fraction of sp³-hybridized carbons (Fsp3) is 1.00. The topological polar surface area (TPSA) is 52.5 Å². The largest absolute Gasteiger partial charge is 0.379 e. The molecule has 0 spiro atoms. The van der Waals surface area contributed by atoms with E-state index in [1.54, 1.807) is 13.8 Å². The molecule has 3 N–H and O–H groups in total. The van der Waals surface area contributed by atoms with Gasteiger partial charge < -0.3 is 10.2 Å². The quantitative estimate of drug-likeness (QED) is 0.376. The van der Waals surface area contributed by atoms with Gasteiger partial charge in [-0.15, -0.1) is 0 Å². The zero-order valence-corrected chi connectivity index (χ0v) is 5.79. The average Bonchev–Trinajstić information content (AvgIpc) is 1.27. The van der Waals surface area contributed by atoms with Crippen LogP contribution in [-0.2, 0) is 17.1 Å². The van der Waals surface area contributed by atoms with Crippen LogP contribution >= 0.6 is 0 Å². The molecule has 0 saturated carbocycles. The third kappa shape index (κ3) is 9.64. The van der Waals surface area contributed by atoms with E-state index in [0.29, 0.717) is 0 Å². The first-order chi connectivity index (χ1) is 3.13. The van der Waals surface area contributed by atoms with Gasteiger partial charge in [0.15, 0.2) is 0 Å². The standard InChI is InChI=1S/C4H11NO2.Cu/c1-3(6)5-4(2)7;/h3-7H,1-2H3;. The Kier molecular flexibility index (Phi) is 7.77. The normalized spacial score (nSPS) is 16.5. The summed E-state index contributed by atoms with van der Waals surface area (Å²) in [6.07, 6.45) is -1.25. The molecule has 8 heavy (non-hydrogen) atoms. The first-order valence-electron chi connectivity index (χ1n) is 2.25. The van der Waals surface area contributed by atoms with E-state index in [1.165, 1.54) is 0 Å². The summed E-state index contributed by atoms with van der Waals surface area (Å²) in [7, 11) is 0. The summed E-state index contributed by atoms with van der Waals surface area (Å²) in [6.45, 7) is 3.10. The molecule has 1 radical (unpaired) electrons. The van der Waals surface area contributed by atoms with Crippen LogP contribution in [0.4, 0.5) is 0 Å². The molecule has 0 fully saturated rings. The van der Waals surface area contributed by atoms with Gasteiger partial charge in [0.25, 0.3) is 0 Å². The molecule has 2 atom stereocenters. The van der Waals surface area contributed by atoms with Gasteiger partial charge in [-0.3, -0.25) is 5.32 Å². The van der Waals surface area contributed by atoms with Crippen LogP contribution in [0.3, 0.4) is 0 Å². The number of rotatable bonds is 2. The van der Waals surface area contributed by atoms with E-state index in [2.05, 4.69) is 5.32 Å². The van der Waals surface area contributed by atoms with Gasteiger partial charge in [0.05, 0.1) is 0 Å². The van der Waals surface area contributed by atoms with E-state index >= 15 is 0 Å². The van der Waals surface area contributed by atoms with Crippen molar-refractivity contribution in [2.45, 2.75) is 26.3 Å². The van der Waals surface area contributed by atoms with Crippen LogP contribution in [0, 0.1) is 0 Å². The van der Waals surface area contributed by atoms with Crippen LogP contribution < -0.4 is 5.32 Å². The number of aliphatic hydroxyl groups is 2. The van der Waals surface area contributed by atoms with Gasteiger partial charge >= 0.3 is 0 Å². The fourth-order valence-electron chi connectivity index (χ4n) is 0.349. The summed E-state index contributed by atoms with van der Waals surface area (Å²) in [4.78, 5) is 0. The Morgan fingerprint density at radius 1 is 1.12 bits per heavy atom. The molecule has 0 aromatic carbocycles. The number of hydrogen-bond acceptors (Lipinski definition) is 3. The van der Waals surface area contributed by atoms with Crippen molar-refractivity contribution in [3.8, 4) is 0 Å². The second kappa shape index (κ2) is 5.53. The molecule has 0 amide bonds. The number of hydrogen-bond donors (Lipinski definition) is 3. The van der Waals surface area contributed by atoms with Gasteiger partial charge in [0.2, 0.25) is 0 Å². The monoisotopic (exact) mass is 168 g/mol. The zero-order valence-electron chi connectivity index (χ0n) is 4.85. The molecule has 3 nitrogen and oxygen atoms in total. The van der Waals surface area contributed by atoms with Crippen molar-refractivity contribution in [1.29, 1.82) is 0 Å². The Morgan fingerprint density at radius 2 is 1.38 bits per heavy atom. The van der Waals surface area contributed by atoms with Gasteiger partial charge in [0, 0.05) is 17.1 Å². The third-order valence-corrected chi connectivity index (χ3v) is 0.482. The number of aliphatic hydroxyl groups excluding tert-OH is 2. The van der Waals surface area contributed by atoms with Gasteiger partial charge in [-0.1, -0.05) is 0 Å². The van der Waals surface area contributed by atoms with Crippen LogP contribution in [0.1, 0.15) is 13.8 Å². The predicted octanol–water partition coefficient (Wildman–Crippen LogP) is -0.750. The van der Waals surface area contributed by atoms with Crippen LogP contribution in [0.2, 0.25) is 0 Å². The third-order valence-electron chi connectivity index (χ3n) is 0.482. The Balaban J connectivity index is 0. The maximum absolute atomic E-state index is 8.45. The van der Waals surface area contributed by atoms with Gasteiger partial charge in [-0.25, -0.2) is 0 Å². The smallest absolute Gasteiger partial charge is 0.103 e. The van der Waals surface area contributed by atoms with Crippen molar-refractivity contribution in [3.05, 3.63) is 0 Å². The van der Waals surface area contributed by atoms with Gasteiger partial charge in [-0.2, -0.15) is 0 Å². The van der Waals surface area contributed by atoms with Crippen LogP contribution in [0.15, 0.2) is 0 Å². The van der Waals surface area contributed by atoms with Crippen LogP contribution in [-0.4, -0.2) is 22.7 Å². The molecular weight excluding hydrogens is 158 g/mol. The first-order valence-corrected chi connectivity index (χ1v) is 2.25. The van der Waals surface area contributed by atoms with E-state index in [9.17, 15) is 0 Å². The van der Waals surface area contributed by atoms with Crippen LogP contribution in [0.25, 0.3) is 0 Å². The molecule has 4 heteroatoms. The Hall–Kier alpha value is 0.399. The SMILES string of the molecule is CC(O)NC(C)O.[Cu]. The van der Waals surface area contributed by atoms with E-state index < -0.39 is 12.5 Å². The van der Waals surface area contributed by atoms with Crippen molar-refractivity contribution in [3.63, 3.8) is 0 Å². The number of nitrogens with one attached hydrogen (secondary N) is 1. The van der Waals surface area contributed by atoms with Crippen molar-refractivity contribution in [2.75, 3.05) is 0 Å². The minimum absolute atomic E-state index is 0. The van der Waals surface area contributed by atoms with Gasteiger partial charge in [-0.05, 0) is 13.8 Å². The van der Waals surface area contributed by atoms with E-state index in [0.717, 1.165) is 0 Å². The fourth-order valence-corrected chi connectivity index (χ4v) is 0.349. The molecule has 0 aliphatic rings. The summed E-state index contributed by atoms with van der Waals surface area (Å²) < 4.78 is 0. The average molecular weight is 169 g/mol. The van der Waals surface area contributed by atoms with Crippen molar-refractivity contribution in [2.24, 2.45) is 0 Å². The molecular formula is C4H11CuNO2. The summed E-state index contributed by atoms with van der Waals surface area (Å²) in [6, 6.07) is 0. The van der Waals surface area contributed by atoms with Crippen LogP contribution in [0.5, 0.6) is 0 Å². The molecule has 2 unspecified atom stereocenters. The molecule has 0 rings (SSSR count). The molecule has 0 aromatic rings. The van der Waals surface area contributed by atoms with Gasteiger partial charge in [0.1, 0.15) is 12.5 Å². The van der Waals surface area contributed by atoms with E-state index in [1.807, 2.05) is 0 Å². The summed E-state index contributed by atoms with van der Waals surface area (Å²) in [5.41, 5.74) is 0. The first kappa shape index (κ1) is 11.2. The Bertz CT molecular complexity index is 43.3. The van der Waals surface area contributed by atoms with Crippen molar-refractivity contribution < 1.29 is 27.3 Å². The molecule has 0 heterocycles. The molecule has 0 bridgehead atoms. The van der Waals surface area contributed by atoms with E-state index in [-0.39, 0.29) is 17.1 Å². The van der Waals surface area contributed by atoms with Crippen molar-refractivity contribution >= 4 is 0 Å². The summed E-state index contributed by atoms with van der Waals surface area (Å²) in [5, 5.41) is 19.3. The maximum Gasteiger partial charge on any atom is 0.103 e. The molecule has 0 saturated heterocycles. The molecule has 0 aliphatic carbocycles. The maximum atomic E-state index is 8.45. The van der Waals surface area contributed by atoms with E-state index in [4.69, 9.17) is 10.2 Å². The summed E-state index contributed by atoms with van der Waals surface area (Å²) in [5.74, 6) is 0. The molecule has 55 valence electrons. The predicted molar refractivity (Wildman–Crippen MR) is 26.5 cm³/mol. The van der Waals surface area contributed by atoms with Crippen molar-refractivity contribution in [1.82, 2.24) is 5.32 Å². The minimum Gasteiger partial charge on any atom is -0.379 e. The second-order valence-corrected chi connectivity index (χ2v) is 1.52. The molecule has 0 aromatic heterocycles. The minimum atomic E-state index is -0.625. The molecule has 0 aliphatic heterocycles.